The third-order valence-electron chi connectivity index (χ3n) is 4.13. The average Bonchev–Trinajstić information content (AvgIpc) is 2.53. The van der Waals surface area contributed by atoms with Crippen LogP contribution in [0.5, 0.6) is 0 Å². The molecule has 0 bridgehead atoms. The number of rotatable bonds is 3. The second kappa shape index (κ2) is 5.78. The van der Waals surface area contributed by atoms with E-state index in [1.54, 1.807) is 0 Å². The molecule has 1 aliphatic heterocycles. The molecule has 2 unspecified atom stereocenters. The van der Waals surface area contributed by atoms with Gasteiger partial charge in [0.15, 0.2) is 0 Å². The molecular weight excluding hydrogens is 276 g/mol. The topological polar surface area (TPSA) is 119 Å². The van der Waals surface area contributed by atoms with E-state index in [9.17, 15) is 10.1 Å². The second-order valence-corrected chi connectivity index (χ2v) is 5.25. The van der Waals surface area contributed by atoms with Gasteiger partial charge in [0, 0.05) is 6.54 Å². The molecule has 1 aromatic heterocycles. The standard InChI is InChI=1S/C12H18N6O3/c13-16-11-10(18(19)20)12(15-7-14-11)17-5-6-21-9-4-2-1-3-8(9)17/h7-9H,1-6,13H2,(H,14,15,16). The summed E-state index contributed by atoms with van der Waals surface area (Å²) in [5.74, 6) is 5.68. The van der Waals surface area contributed by atoms with E-state index in [2.05, 4.69) is 15.4 Å². The molecule has 1 aromatic rings. The molecule has 0 radical (unpaired) electrons. The maximum absolute atomic E-state index is 11.4. The van der Waals surface area contributed by atoms with Crippen LogP contribution >= 0.6 is 0 Å². The highest BCUT2D eigenvalue weighted by Gasteiger charge is 2.38. The van der Waals surface area contributed by atoms with Gasteiger partial charge < -0.3 is 15.1 Å². The SMILES string of the molecule is NNc1ncnc(N2CCOC3CCCCC32)c1[N+](=O)[O-]. The highest BCUT2D eigenvalue weighted by molar-refractivity contribution is 5.70. The molecule has 0 spiro atoms. The first-order chi connectivity index (χ1) is 10.2. The first-order valence-corrected chi connectivity index (χ1v) is 7.06. The summed E-state index contributed by atoms with van der Waals surface area (Å²) >= 11 is 0. The number of aromatic nitrogens is 2. The number of fused-ring (bicyclic) bond motifs is 1. The highest BCUT2D eigenvalue weighted by atomic mass is 16.6. The Balaban J connectivity index is 2.00. The summed E-state index contributed by atoms with van der Waals surface area (Å²) in [6, 6.07) is 0.131. The van der Waals surface area contributed by atoms with Crippen LogP contribution in [0.2, 0.25) is 0 Å². The first kappa shape index (κ1) is 14.0. The molecule has 3 rings (SSSR count). The molecule has 0 amide bonds. The zero-order chi connectivity index (χ0) is 14.8. The van der Waals surface area contributed by atoms with E-state index in [0.29, 0.717) is 19.0 Å². The van der Waals surface area contributed by atoms with E-state index in [1.807, 2.05) is 4.90 Å². The minimum atomic E-state index is -0.488. The van der Waals surface area contributed by atoms with Crippen molar-refractivity contribution in [2.24, 2.45) is 5.84 Å². The van der Waals surface area contributed by atoms with Crippen molar-refractivity contribution in [3.8, 4) is 0 Å². The van der Waals surface area contributed by atoms with Gasteiger partial charge in [0.25, 0.3) is 0 Å². The number of nitrogens with one attached hydrogen (secondary N) is 1. The molecule has 2 aliphatic rings. The Bertz CT molecular complexity index is 538. The van der Waals surface area contributed by atoms with Crippen LogP contribution in [0.4, 0.5) is 17.3 Å². The lowest BCUT2D eigenvalue weighted by Crippen LogP contribution is -2.53. The van der Waals surface area contributed by atoms with Gasteiger partial charge in [0.2, 0.25) is 11.6 Å². The Labute approximate surface area is 121 Å². The Hall–Kier alpha value is -2.00. The number of hydrogen-bond acceptors (Lipinski definition) is 8. The zero-order valence-corrected chi connectivity index (χ0v) is 11.6. The second-order valence-electron chi connectivity index (χ2n) is 5.25. The number of morpholine rings is 1. The van der Waals surface area contributed by atoms with Crippen molar-refractivity contribution in [1.82, 2.24) is 9.97 Å². The number of anilines is 2. The van der Waals surface area contributed by atoms with Gasteiger partial charge in [-0.25, -0.2) is 15.8 Å². The quantitative estimate of drug-likeness (QED) is 0.477. The lowest BCUT2D eigenvalue weighted by molar-refractivity contribution is -0.383. The normalized spacial score (nSPS) is 25.3. The lowest BCUT2D eigenvalue weighted by Gasteiger charge is -2.44. The van der Waals surface area contributed by atoms with Gasteiger partial charge in [-0.1, -0.05) is 12.8 Å². The van der Waals surface area contributed by atoms with Crippen LogP contribution in [-0.4, -0.2) is 40.2 Å². The van der Waals surface area contributed by atoms with Gasteiger partial charge in [-0.3, -0.25) is 10.1 Å². The number of nitrogens with zero attached hydrogens (tertiary/aromatic N) is 4. The number of ether oxygens (including phenoxy) is 1. The van der Waals surface area contributed by atoms with Gasteiger partial charge >= 0.3 is 5.69 Å². The molecule has 3 N–H and O–H groups in total. The molecule has 2 atom stereocenters. The number of hydrogen-bond donors (Lipinski definition) is 2. The van der Waals surface area contributed by atoms with Crippen LogP contribution < -0.4 is 16.2 Å². The van der Waals surface area contributed by atoms with Crippen molar-refractivity contribution in [3.05, 3.63) is 16.4 Å². The minimum absolute atomic E-state index is 0.0313. The Kier molecular flexibility index (Phi) is 3.84. The molecule has 9 nitrogen and oxygen atoms in total. The van der Waals surface area contributed by atoms with E-state index < -0.39 is 4.92 Å². The largest absolute Gasteiger partial charge is 0.374 e. The summed E-state index contributed by atoms with van der Waals surface area (Å²) in [7, 11) is 0. The first-order valence-electron chi connectivity index (χ1n) is 7.06. The van der Waals surface area contributed by atoms with Gasteiger partial charge in [-0.05, 0) is 12.8 Å². The van der Waals surface area contributed by atoms with Gasteiger partial charge in [0.1, 0.15) is 6.33 Å². The van der Waals surface area contributed by atoms with Crippen molar-refractivity contribution in [3.63, 3.8) is 0 Å². The monoisotopic (exact) mass is 294 g/mol. The van der Waals surface area contributed by atoms with Crippen LogP contribution in [0.25, 0.3) is 0 Å². The summed E-state index contributed by atoms with van der Waals surface area (Å²) in [6.07, 6.45) is 5.60. The number of hydrazine groups is 1. The van der Waals surface area contributed by atoms with Crippen LogP contribution in [0.1, 0.15) is 25.7 Å². The number of nitrogen functional groups attached to an aromatic ring is 1. The Morgan fingerprint density at radius 2 is 2.24 bits per heavy atom. The highest BCUT2D eigenvalue weighted by Crippen LogP contribution is 2.37. The molecule has 21 heavy (non-hydrogen) atoms. The smallest absolute Gasteiger partial charge is 0.354 e. The summed E-state index contributed by atoms with van der Waals surface area (Å²) in [5, 5.41) is 11.4. The fraction of sp³-hybridized carbons (Fsp3) is 0.667. The van der Waals surface area contributed by atoms with Crippen LogP contribution in [0.15, 0.2) is 6.33 Å². The van der Waals surface area contributed by atoms with E-state index in [0.717, 1.165) is 25.7 Å². The lowest BCUT2D eigenvalue weighted by atomic mass is 9.90. The van der Waals surface area contributed by atoms with E-state index in [1.165, 1.54) is 6.33 Å². The van der Waals surface area contributed by atoms with Gasteiger partial charge in [0.05, 0.1) is 23.7 Å². The van der Waals surface area contributed by atoms with Gasteiger partial charge in [-0.15, -0.1) is 0 Å². The predicted octanol–water partition coefficient (Wildman–Crippen LogP) is 0.818. The minimum Gasteiger partial charge on any atom is -0.374 e. The third kappa shape index (κ3) is 2.49. The van der Waals surface area contributed by atoms with Crippen LogP contribution in [0, 0.1) is 10.1 Å². The van der Waals surface area contributed by atoms with Crippen molar-refractivity contribution in [1.29, 1.82) is 0 Å². The summed E-state index contributed by atoms with van der Waals surface area (Å²) in [5.41, 5.74) is 2.10. The van der Waals surface area contributed by atoms with Crippen molar-refractivity contribution in [2.45, 2.75) is 37.8 Å². The summed E-state index contributed by atoms with van der Waals surface area (Å²) in [4.78, 5) is 20.8. The molecule has 1 saturated carbocycles. The zero-order valence-electron chi connectivity index (χ0n) is 11.6. The van der Waals surface area contributed by atoms with E-state index >= 15 is 0 Å². The maximum atomic E-state index is 11.4. The molecule has 9 heteroatoms. The third-order valence-corrected chi connectivity index (χ3v) is 4.13. The Morgan fingerprint density at radius 1 is 1.43 bits per heavy atom. The molecule has 2 heterocycles. The number of nitro groups is 1. The molecule has 1 saturated heterocycles. The number of nitrogens with two attached hydrogens (primary N) is 1. The molecule has 0 aromatic carbocycles. The molecule has 114 valence electrons. The predicted molar refractivity (Wildman–Crippen MR) is 75.8 cm³/mol. The average molecular weight is 294 g/mol. The fourth-order valence-electron chi connectivity index (χ4n) is 3.21. The van der Waals surface area contributed by atoms with E-state index in [4.69, 9.17) is 10.6 Å². The summed E-state index contributed by atoms with van der Waals surface area (Å²) in [6.45, 7) is 1.14. The molecule has 1 aliphatic carbocycles. The van der Waals surface area contributed by atoms with Gasteiger partial charge in [-0.2, -0.15) is 0 Å². The molecule has 2 fully saturated rings. The fourth-order valence-corrected chi connectivity index (χ4v) is 3.21. The summed E-state index contributed by atoms with van der Waals surface area (Å²) < 4.78 is 5.80. The molecular formula is C12H18N6O3. The van der Waals surface area contributed by atoms with Crippen molar-refractivity contribution in [2.75, 3.05) is 23.5 Å². The Morgan fingerprint density at radius 3 is 3.00 bits per heavy atom. The van der Waals surface area contributed by atoms with Crippen LogP contribution in [0.3, 0.4) is 0 Å². The van der Waals surface area contributed by atoms with E-state index in [-0.39, 0.29) is 23.7 Å². The van der Waals surface area contributed by atoms with Crippen molar-refractivity contribution < 1.29 is 9.66 Å². The van der Waals surface area contributed by atoms with Crippen LogP contribution in [-0.2, 0) is 4.74 Å². The van der Waals surface area contributed by atoms with Crippen molar-refractivity contribution >= 4 is 17.3 Å². The maximum Gasteiger partial charge on any atom is 0.354 e.